The zero-order valence-corrected chi connectivity index (χ0v) is 6.40. The summed E-state index contributed by atoms with van der Waals surface area (Å²) in [4.78, 5) is 13.4. The summed E-state index contributed by atoms with van der Waals surface area (Å²) in [6.45, 7) is 0. The first kappa shape index (κ1) is 8.59. The molecule has 1 rings (SSSR count). The fourth-order valence-corrected chi connectivity index (χ4v) is 0.746. The fraction of sp³-hybridized carbons (Fsp3) is 0.111. The van der Waals surface area contributed by atoms with Crippen molar-refractivity contribution in [1.29, 1.82) is 0 Å². The molecular formula is C9H8FNO. The van der Waals surface area contributed by atoms with Gasteiger partial charge in [-0.3, -0.25) is 0 Å². The van der Waals surface area contributed by atoms with Crippen molar-refractivity contribution in [2.24, 2.45) is 0 Å². The molecule has 1 heterocycles. The molecule has 0 aliphatic heterocycles. The van der Waals surface area contributed by atoms with Crippen LogP contribution in [0.5, 0.6) is 0 Å². The number of hydrogen-bond acceptors (Lipinski definition) is 2. The molecule has 0 aliphatic carbocycles. The van der Waals surface area contributed by atoms with E-state index in [1.54, 1.807) is 18.2 Å². The maximum Gasteiger partial charge on any atom is 0.212 e. The smallest absolute Gasteiger partial charge is 0.212 e. The molecule has 2 nitrogen and oxygen atoms in total. The van der Waals surface area contributed by atoms with Crippen molar-refractivity contribution in [3.63, 3.8) is 0 Å². The van der Waals surface area contributed by atoms with E-state index in [1.165, 1.54) is 12.3 Å². The van der Waals surface area contributed by atoms with Gasteiger partial charge < -0.3 is 4.79 Å². The van der Waals surface area contributed by atoms with Crippen molar-refractivity contribution in [2.75, 3.05) is 0 Å². The van der Waals surface area contributed by atoms with Gasteiger partial charge in [-0.15, -0.1) is 0 Å². The van der Waals surface area contributed by atoms with E-state index in [9.17, 15) is 9.18 Å². The molecule has 0 radical (unpaired) electrons. The van der Waals surface area contributed by atoms with Gasteiger partial charge >= 0.3 is 0 Å². The summed E-state index contributed by atoms with van der Waals surface area (Å²) < 4.78 is 12.3. The number of allylic oxidation sites excluding steroid dienone is 1. The van der Waals surface area contributed by atoms with Crippen LogP contribution >= 0.6 is 0 Å². The average Bonchev–Trinajstić information content (AvgIpc) is 2.09. The second-order valence-corrected chi connectivity index (χ2v) is 2.22. The lowest BCUT2D eigenvalue weighted by atomic mass is 10.2. The molecule has 12 heavy (non-hydrogen) atoms. The minimum atomic E-state index is -0.498. The predicted molar refractivity (Wildman–Crippen MR) is 43.9 cm³/mol. The molecule has 0 saturated carbocycles. The van der Waals surface area contributed by atoms with Crippen LogP contribution in [0.1, 0.15) is 12.0 Å². The van der Waals surface area contributed by atoms with Crippen LogP contribution in [0.25, 0.3) is 6.08 Å². The Balaban J connectivity index is 2.64. The quantitative estimate of drug-likeness (QED) is 0.505. The third-order valence-corrected chi connectivity index (χ3v) is 1.29. The molecule has 62 valence electrons. The van der Waals surface area contributed by atoms with Crippen molar-refractivity contribution >= 4 is 12.4 Å². The molecule has 0 N–H and O–H groups in total. The van der Waals surface area contributed by atoms with E-state index in [0.717, 1.165) is 11.8 Å². The number of hydrogen-bond donors (Lipinski definition) is 0. The molecule has 0 fully saturated rings. The monoisotopic (exact) mass is 165 g/mol. The Morgan fingerprint density at radius 1 is 1.50 bits per heavy atom. The Morgan fingerprint density at radius 2 is 2.33 bits per heavy atom. The van der Waals surface area contributed by atoms with E-state index in [0.29, 0.717) is 6.42 Å². The topological polar surface area (TPSA) is 30.0 Å². The first-order valence-corrected chi connectivity index (χ1v) is 3.54. The maximum absolute atomic E-state index is 12.3. The van der Waals surface area contributed by atoms with Crippen LogP contribution in [-0.2, 0) is 4.79 Å². The van der Waals surface area contributed by atoms with Crippen LogP contribution in [0.2, 0.25) is 0 Å². The second kappa shape index (κ2) is 4.38. The number of rotatable bonds is 3. The number of halogens is 1. The van der Waals surface area contributed by atoms with Crippen molar-refractivity contribution in [1.82, 2.24) is 4.98 Å². The maximum atomic E-state index is 12.3. The molecular weight excluding hydrogens is 157 g/mol. The van der Waals surface area contributed by atoms with Crippen LogP contribution < -0.4 is 0 Å². The summed E-state index contributed by atoms with van der Waals surface area (Å²) in [5.74, 6) is -0.498. The van der Waals surface area contributed by atoms with Crippen LogP contribution in [0.3, 0.4) is 0 Å². The Bertz CT molecular complexity index is 279. The molecule has 1 aromatic rings. The summed E-state index contributed by atoms with van der Waals surface area (Å²) in [5.41, 5.74) is 0.790. The number of aromatic nitrogens is 1. The van der Waals surface area contributed by atoms with Gasteiger partial charge in [-0.1, -0.05) is 12.2 Å². The standard InChI is InChI=1S/C9H8FNO/c10-9-5-4-8(7-11-9)3-1-2-6-12/h1,3-7H,2H2. The highest BCUT2D eigenvalue weighted by molar-refractivity contribution is 5.57. The highest BCUT2D eigenvalue weighted by Gasteiger charge is 1.88. The number of aldehydes is 1. The molecule has 0 unspecified atom stereocenters. The predicted octanol–water partition coefficient (Wildman–Crippen LogP) is 1.82. The molecule has 0 amide bonds. The van der Waals surface area contributed by atoms with E-state index in [1.807, 2.05) is 0 Å². The van der Waals surface area contributed by atoms with Gasteiger partial charge in [0.25, 0.3) is 0 Å². The molecule has 0 aromatic carbocycles. The summed E-state index contributed by atoms with van der Waals surface area (Å²) in [5, 5.41) is 0. The van der Waals surface area contributed by atoms with E-state index in [2.05, 4.69) is 4.98 Å². The van der Waals surface area contributed by atoms with Crippen molar-refractivity contribution < 1.29 is 9.18 Å². The zero-order valence-electron chi connectivity index (χ0n) is 6.40. The van der Waals surface area contributed by atoms with Gasteiger partial charge in [0.2, 0.25) is 5.95 Å². The Kier molecular flexibility index (Phi) is 3.14. The third-order valence-electron chi connectivity index (χ3n) is 1.29. The third kappa shape index (κ3) is 2.62. The van der Waals surface area contributed by atoms with E-state index < -0.39 is 5.95 Å². The van der Waals surface area contributed by atoms with Gasteiger partial charge in [0.1, 0.15) is 6.29 Å². The highest BCUT2D eigenvalue weighted by Crippen LogP contribution is 2.01. The Hall–Kier alpha value is -1.51. The molecule has 3 heteroatoms. The van der Waals surface area contributed by atoms with Gasteiger partial charge in [-0.2, -0.15) is 4.39 Å². The Labute approximate surface area is 69.7 Å². The van der Waals surface area contributed by atoms with E-state index in [4.69, 9.17) is 0 Å². The summed E-state index contributed by atoms with van der Waals surface area (Å²) >= 11 is 0. The molecule has 0 atom stereocenters. The SMILES string of the molecule is O=CCC=Cc1ccc(F)nc1. The van der Waals surface area contributed by atoms with Crippen LogP contribution in [-0.4, -0.2) is 11.3 Å². The van der Waals surface area contributed by atoms with E-state index >= 15 is 0 Å². The Morgan fingerprint density at radius 3 is 2.92 bits per heavy atom. The summed E-state index contributed by atoms with van der Waals surface area (Å²) in [6.07, 6.45) is 6.00. The van der Waals surface area contributed by atoms with Gasteiger partial charge in [0.05, 0.1) is 0 Å². The average molecular weight is 165 g/mol. The van der Waals surface area contributed by atoms with Gasteiger partial charge in [-0.05, 0) is 17.7 Å². The zero-order chi connectivity index (χ0) is 8.81. The summed E-state index contributed by atoms with van der Waals surface area (Å²) in [6, 6.07) is 2.88. The first-order valence-electron chi connectivity index (χ1n) is 3.54. The minimum absolute atomic E-state index is 0.372. The number of nitrogens with zero attached hydrogens (tertiary/aromatic N) is 1. The van der Waals surface area contributed by atoms with E-state index in [-0.39, 0.29) is 0 Å². The first-order chi connectivity index (χ1) is 5.83. The number of pyridine rings is 1. The van der Waals surface area contributed by atoms with Crippen LogP contribution in [0.15, 0.2) is 24.4 Å². The summed E-state index contributed by atoms with van der Waals surface area (Å²) in [7, 11) is 0. The van der Waals surface area contributed by atoms with Gasteiger partial charge in [0, 0.05) is 12.6 Å². The molecule has 0 aliphatic rings. The minimum Gasteiger partial charge on any atom is -0.303 e. The lowest BCUT2D eigenvalue weighted by Crippen LogP contribution is -1.80. The highest BCUT2D eigenvalue weighted by atomic mass is 19.1. The second-order valence-electron chi connectivity index (χ2n) is 2.22. The fourth-order valence-electron chi connectivity index (χ4n) is 0.746. The van der Waals surface area contributed by atoms with Crippen LogP contribution in [0.4, 0.5) is 4.39 Å². The molecule has 0 bridgehead atoms. The largest absolute Gasteiger partial charge is 0.303 e. The molecule has 0 saturated heterocycles. The molecule has 1 aromatic heterocycles. The van der Waals surface area contributed by atoms with Crippen LogP contribution in [0, 0.1) is 5.95 Å². The molecule has 0 spiro atoms. The van der Waals surface area contributed by atoms with Gasteiger partial charge in [0.15, 0.2) is 0 Å². The lowest BCUT2D eigenvalue weighted by molar-refractivity contribution is -0.107. The normalized spacial score (nSPS) is 10.4. The van der Waals surface area contributed by atoms with Crippen molar-refractivity contribution in [3.8, 4) is 0 Å². The number of carbonyl (C=O) groups is 1. The lowest BCUT2D eigenvalue weighted by Gasteiger charge is -1.90. The van der Waals surface area contributed by atoms with Crippen molar-refractivity contribution in [2.45, 2.75) is 6.42 Å². The number of carbonyl (C=O) groups excluding carboxylic acids is 1. The van der Waals surface area contributed by atoms with Gasteiger partial charge in [-0.25, -0.2) is 4.98 Å². The van der Waals surface area contributed by atoms with Crippen molar-refractivity contribution in [3.05, 3.63) is 35.9 Å².